The van der Waals surface area contributed by atoms with Gasteiger partial charge in [0.05, 0.1) is 0 Å². The number of aryl methyl sites for hydroxylation is 1. The van der Waals surface area contributed by atoms with Gasteiger partial charge in [0.15, 0.2) is 0 Å². The van der Waals surface area contributed by atoms with E-state index in [1.165, 1.54) is 0 Å². The summed E-state index contributed by atoms with van der Waals surface area (Å²) < 4.78 is 2.86. The van der Waals surface area contributed by atoms with Crippen LogP contribution in [0, 0.1) is 5.92 Å². The lowest BCUT2D eigenvalue weighted by atomic mass is 9.86. The number of nitrogens with one attached hydrogen (secondary N) is 1. The van der Waals surface area contributed by atoms with Gasteiger partial charge in [-0.1, -0.05) is 6.42 Å². The van der Waals surface area contributed by atoms with Crippen LogP contribution < -0.4 is 5.32 Å². The first-order valence-corrected chi connectivity index (χ1v) is 7.70. The number of amides is 1. The molecule has 0 radical (unpaired) electrons. The molecule has 2 rings (SSSR count). The summed E-state index contributed by atoms with van der Waals surface area (Å²) in [6.07, 6.45) is 5.97. The number of carbonyl (C=O) groups is 1. The first kappa shape index (κ1) is 14.6. The number of aliphatic hydroxyl groups is 1. The zero-order valence-electron chi connectivity index (χ0n) is 11.2. The predicted octanol–water partition coefficient (Wildman–Crippen LogP) is 2.55. The van der Waals surface area contributed by atoms with Gasteiger partial charge in [0.25, 0.3) is 5.91 Å². The van der Waals surface area contributed by atoms with Crippen LogP contribution in [-0.2, 0) is 6.54 Å². The number of aliphatic hydroxyl groups excluding tert-OH is 1. The molecule has 1 aliphatic carbocycles. The van der Waals surface area contributed by atoms with Gasteiger partial charge in [0.2, 0.25) is 0 Å². The maximum Gasteiger partial charge on any atom is 0.268 e. The molecule has 4 nitrogen and oxygen atoms in total. The van der Waals surface area contributed by atoms with Crippen LogP contribution in [0.5, 0.6) is 0 Å². The van der Waals surface area contributed by atoms with E-state index in [1.807, 2.05) is 23.8 Å². The van der Waals surface area contributed by atoms with E-state index < -0.39 is 0 Å². The van der Waals surface area contributed by atoms with Crippen LogP contribution in [0.3, 0.4) is 0 Å². The van der Waals surface area contributed by atoms with E-state index >= 15 is 0 Å². The van der Waals surface area contributed by atoms with Gasteiger partial charge in [-0.2, -0.15) is 0 Å². The number of nitrogens with zero attached hydrogens (tertiary/aromatic N) is 1. The fraction of sp³-hybridized carbons (Fsp3) is 0.643. The molecule has 1 fully saturated rings. The summed E-state index contributed by atoms with van der Waals surface area (Å²) in [4.78, 5) is 12.3. The van der Waals surface area contributed by atoms with Crippen LogP contribution in [0.4, 0.5) is 0 Å². The van der Waals surface area contributed by atoms with Crippen LogP contribution in [0.15, 0.2) is 16.7 Å². The molecule has 106 valence electrons. The van der Waals surface area contributed by atoms with Crippen molar-refractivity contribution in [1.29, 1.82) is 0 Å². The molecule has 1 aromatic rings. The van der Waals surface area contributed by atoms with Gasteiger partial charge < -0.3 is 15.0 Å². The molecule has 5 heteroatoms. The minimum absolute atomic E-state index is 0.0175. The lowest BCUT2D eigenvalue weighted by Crippen LogP contribution is -2.39. The Morgan fingerprint density at radius 2 is 2.37 bits per heavy atom. The average Bonchev–Trinajstić information content (AvgIpc) is 2.80. The monoisotopic (exact) mass is 328 g/mol. The molecule has 1 aromatic heterocycles. The van der Waals surface area contributed by atoms with Crippen molar-refractivity contribution in [3.8, 4) is 0 Å². The fourth-order valence-corrected chi connectivity index (χ4v) is 3.24. The second-order valence-corrected chi connectivity index (χ2v) is 6.13. The van der Waals surface area contributed by atoms with Gasteiger partial charge >= 0.3 is 0 Å². The molecule has 0 saturated heterocycles. The summed E-state index contributed by atoms with van der Waals surface area (Å²) in [5.41, 5.74) is 0.695. The lowest BCUT2D eigenvalue weighted by molar-refractivity contribution is 0.0896. The molecule has 0 aliphatic heterocycles. The zero-order chi connectivity index (χ0) is 13.8. The molecule has 0 aromatic carbocycles. The van der Waals surface area contributed by atoms with E-state index in [0.29, 0.717) is 11.6 Å². The largest absolute Gasteiger partial charge is 0.396 e. The molecule has 2 atom stereocenters. The first-order valence-electron chi connectivity index (χ1n) is 6.91. The zero-order valence-corrected chi connectivity index (χ0v) is 12.8. The average molecular weight is 329 g/mol. The summed E-state index contributed by atoms with van der Waals surface area (Å²) in [5.74, 6) is 0.319. The van der Waals surface area contributed by atoms with Crippen molar-refractivity contribution in [3.63, 3.8) is 0 Å². The van der Waals surface area contributed by atoms with E-state index in [-0.39, 0.29) is 18.6 Å². The van der Waals surface area contributed by atoms with Crippen molar-refractivity contribution in [2.24, 2.45) is 5.92 Å². The van der Waals surface area contributed by atoms with Gasteiger partial charge in [0.1, 0.15) is 5.69 Å². The summed E-state index contributed by atoms with van der Waals surface area (Å²) >= 11 is 3.40. The van der Waals surface area contributed by atoms with Gasteiger partial charge in [-0.15, -0.1) is 0 Å². The topological polar surface area (TPSA) is 54.3 Å². The number of hydrogen-bond acceptors (Lipinski definition) is 2. The van der Waals surface area contributed by atoms with Gasteiger partial charge in [-0.3, -0.25) is 4.79 Å². The Bertz CT molecular complexity index is 445. The molecular weight excluding hydrogens is 308 g/mol. The number of carbonyl (C=O) groups excluding carboxylic acids is 1. The first-order chi connectivity index (χ1) is 9.13. The molecule has 0 bridgehead atoms. The third-order valence-electron chi connectivity index (χ3n) is 3.81. The molecule has 2 N–H and O–H groups in total. The van der Waals surface area contributed by atoms with Crippen molar-refractivity contribution in [1.82, 2.24) is 9.88 Å². The smallest absolute Gasteiger partial charge is 0.268 e. The van der Waals surface area contributed by atoms with E-state index in [9.17, 15) is 9.90 Å². The van der Waals surface area contributed by atoms with Crippen LogP contribution >= 0.6 is 15.9 Å². The van der Waals surface area contributed by atoms with E-state index in [0.717, 1.165) is 36.7 Å². The highest BCUT2D eigenvalue weighted by Crippen LogP contribution is 2.24. The summed E-state index contributed by atoms with van der Waals surface area (Å²) in [7, 11) is 0. The highest BCUT2D eigenvalue weighted by Gasteiger charge is 2.24. The summed E-state index contributed by atoms with van der Waals surface area (Å²) in [6, 6.07) is 2.04. The number of halogens is 1. The SMILES string of the molecule is CCn1cc(Br)cc1C(=O)NC1CCCC(CO)C1. The van der Waals surface area contributed by atoms with Gasteiger partial charge in [-0.25, -0.2) is 0 Å². The van der Waals surface area contributed by atoms with Crippen molar-refractivity contribution >= 4 is 21.8 Å². The number of aromatic nitrogens is 1. The molecule has 19 heavy (non-hydrogen) atoms. The Morgan fingerprint density at radius 3 is 3.05 bits per heavy atom. The predicted molar refractivity (Wildman–Crippen MR) is 78.1 cm³/mol. The Balaban J connectivity index is 2.00. The second kappa shape index (κ2) is 6.57. The van der Waals surface area contributed by atoms with Crippen LogP contribution in [0.1, 0.15) is 43.1 Å². The molecule has 1 heterocycles. The van der Waals surface area contributed by atoms with Crippen molar-refractivity contribution in [2.45, 2.75) is 45.2 Å². The number of rotatable bonds is 4. The normalized spacial score (nSPS) is 23.3. The molecule has 1 amide bonds. The van der Waals surface area contributed by atoms with Crippen molar-refractivity contribution < 1.29 is 9.90 Å². The Labute approximate surface area is 122 Å². The Kier molecular flexibility index (Phi) is 5.05. The highest BCUT2D eigenvalue weighted by atomic mass is 79.9. The van der Waals surface area contributed by atoms with E-state index in [2.05, 4.69) is 21.2 Å². The maximum absolute atomic E-state index is 12.3. The van der Waals surface area contributed by atoms with E-state index in [1.54, 1.807) is 0 Å². The quantitative estimate of drug-likeness (QED) is 0.892. The highest BCUT2D eigenvalue weighted by molar-refractivity contribution is 9.10. The van der Waals surface area contributed by atoms with Crippen molar-refractivity contribution in [2.75, 3.05) is 6.61 Å². The second-order valence-electron chi connectivity index (χ2n) is 5.22. The van der Waals surface area contributed by atoms with Gasteiger partial charge in [0, 0.05) is 29.9 Å². The maximum atomic E-state index is 12.3. The molecule has 1 aliphatic rings. The lowest BCUT2D eigenvalue weighted by Gasteiger charge is -2.28. The third kappa shape index (κ3) is 3.60. The van der Waals surface area contributed by atoms with Crippen LogP contribution in [-0.4, -0.2) is 28.2 Å². The molecule has 1 saturated carbocycles. The molecule has 2 unspecified atom stereocenters. The van der Waals surface area contributed by atoms with Crippen LogP contribution in [0.2, 0.25) is 0 Å². The summed E-state index contributed by atoms with van der Waals surface area (Å²) in [6.45, 7) is 3.02. The van der Waals surface area contributed by atoms with E-state index in [4.69, 9.17) is 0 Å². The summed E-state index contributed by atoms with van der Waals surface area (Å²) in [5, 5.41) is 12.3. The third-order valence-corrected chi connectivity index (χ3v) is 4.25. The molecular formula is C14H21BrN2O2. The fourth-order valence-electron chi connectivity index (χ4n) is 2.77. The Morgan fingerprint density at radius 1 is 1.58 bits per heavy atom. The number of hydrogen-bond donors (Lipinski definition) is 2. The minimum Gasteiger partial charge on any atom is -0.396 e. The van der Waals surface area contributed by atoms with Crippen molar-refractivity contribution in [3.05, 3.63) is 22.4 Å². The molecule has 0 spiro atoms. The minimum atomic E-state index is -0.0175. The van der Waals surface area contributed by atoms with Gasteiger partial charge in [-0.05, 0) is 54.1 Å². The Hall–Kier alpha value is -0.810. The van der Waals surface area contributed by atoms with Crippen LogP contribution in [0.25, 0.3) is 0 Å². The standard InChI is InChI=1S/C14H21BrN2O2/c1-2-17-8-11(15)7-13(17)14(19)16-12-5-3-4-10(6-12)9-18/h7-8,10,12,18H,2-6,9H2,1H3,(H,16,19).